The maximum absolute atomic E-state index is 13.2. The lowest BCUT2D eigenvalue weighted by Gasteiger charge is -2.15. The van der Waals surface area contributed by atoms with Crippen LogP contribution in [0.25, 0.3) is 5.57 Å². The average molecular weight is 354 g/mol. The summed E-state index contributed by atoms with van der Waals surface area (Å²) in [6, 6.07) is 26.0. The number of aryl methyl sites for hydroxylation is 1. The molecule has 3 aromatic rings. The minimum absolute atomic E-state index is 0.291. The summed E-state index contributed by atoms with van der Waals surface area (Å²) >= 11 is 0. The van der Waals surface area contributed by atoms with Crippen LogP contribution in [0.2, 0.25) is 0 Å². The van der Waals surface area contributed by atoms with Gasteiger partial charge in [0.2, 0.25) is 0 Å². The molecule has 0 aromatic heterocycles. The third-order valence-corrected chi connectivity index (χ3v) is 4.48. The lowest BCUT2D eigenvalue weighted by atomic mass is 10.0. The van der Waals surface area contributed by atoms with Gasteiger partial charge in [-0.1, -0.05) is 66.2 Å². The van der Waals surface area contributed by atoms with E-state index in [9.17, 15) is 9.59 Å². The second-order valence-electron chi connectivity index (χ2n) is 6.39. The van der Waals surface area contributed by atoms with Crippen molar-refractivity contribution >= 4 is 28.8 Å². The van der Waals surface area contributed by atoms with Gasteiger partial charge in [-0.25, -0.2) is 4.90 Å². The first-order chi connectivity index (χ1) is 13.1. The Balaban J connectivity index is 1.81. The number of carbonyl (C=O) groups excluding carboxylic acids is 2. The number of imide groups is 1. The highest BCUT2D eigenvalue weighted by Gasteiger charge is 2.40. The quantitative estimate of drug-likeness (QED) is 0.707. The Bertz CT molecular complexity index is 1020. The number of anilines is 2. The molecule has 0 saturated heterocycles. The Hall–Kier alpha value is -3.66. The van der Waals surface area contributed by atoms with E-state index in [0.29, 0.717) is 22.5 Å². The predicted octanol–water partition coefficient (Wildman–Crippen LogP) is 4.39. The zero-order chi connectivity index (χ0) is 18.8. The van der Waals surface area contributed by atoms with Gasteiger partial charge >= 0.3 is 0 Å². The molecule has 0 radical (unpaired) electrons. The number of para-hydroxylation sites is 1. The third kappa shape index (κ3) is 3.13. The van der Waals surface area contributed by atoms with Gasteiger partial charge < -0.3 is 5.32 Å². The van der Waals surface area contributed by atoms with Crippen LogP contribution in [0.4, 0.5) is 11.4 Å². The highest BCUT2D eigenvalue weighted by molar-refractivity contribution is 6.46. The Morgan fingerprint density at radius 3 is 1.93 bits per heavy atom. The highest BCUT2D eigenvalue weighted by atomic mass is 16.2. The first-order valence-corrected chi connectivity index (χ1v) is 8.72. The van der Waals surface area contributed by atoms with Crippen LogP contribution in [0.1, 0.15) is 11.1 Å². The maximum Gasteiger partial charge on any atom is 0.282 e. The van der Waals surface area contributed by atoms with Gasteiger partial charge in [-0.2, -0.15) is 0 Å². The second-order valence-corrected chi connectivity index (χ2v) is 6.39. The molecular weight excluding hydrogens is 336 g/mol. The average Bonchev–Trinajstić information content (AvgIpc) is 2.95. The van der Waals surface area contributed by atoms with Crippen molar-refractivity contribution in [1.29, 1.82) is 0 Å². The molecule has 0 spiro atoms. The van der Waals surface area contributed by atoms with E-state index in [2.05, 4.69) is 5.32 Å². The molecule has 1 heterocycles. The molecule has 0 saturated carbocycles. The summed E-state index contributed by atoms with van der Waals surface area (Å²) in [5.74, 6) is -0.683. The van der Waals surface area contributed by atoms with Crippen LogP contribution in [0.3, 0.4) is 0 Å². The van der Waals surface area contributed by atoms with E-state index >= 15 is 0 Å². The molecule has 132 valence electrons. The van der Waals surface area contributed by atoms with Crippen LogP contribution in [0.5, 0.6) is 0 Å². The third-order valence-electron chi connectivity index (χ3n) is 4.48. The lowest BCUT2D eigenvalue weighted by Crippen LogP contribution is -2.32. The maximum atomic E-state index is 13.2. The molecule has 0 unspecified atom stereocenters. The number of carbonyl (C=O) groups is 2. The number of rotatable bonds is 4. The smallest absolute Gasteiger partial charge is 0.282 e. The van der Waals surface area contributed by atoms with Crippen molar-refractivity contribution in [3.8, 4) is 0 Å². The van der Waals surface area contributed by atoms with Crippen LogP contribution < -0.4 is 10.2 Å². The Labute approximate surface area is 157 Å². The molecule has 0 bridgehead atoms. The highest BCUT2D eigenvalue weighted by Crippen LogP contribution is 2.33. The molecule has 1 aliphatic rings. The van der Waals surface area contributed by atoms with Gasteiger partial charge in [0.25, 0.3) is 11.8 Å². The molecule has 1 N–H and O–H groups in total. The minimum Gasteiger partial charge on any atom is -0.350 e. The molecule has 0 atom stereocenters. The number of amides is 2. The first-order valence-electron chi connectivity index (χ1n) is 8.72. The molecule has 2 amide bonds. The topological polar surface area (TPSA) is 49.4 Å². The van der Waals surface area contributed by atoms with Crippen molar-refractivity contribution in [3.05, 3.63) is 102 Å². The Kier molecular flexibility index (Phi) is 4.30. The van der Waals surface area contributed by atoms with Crippen LogP contribution in [0.15, 0.2) is 90.6 Å². The van der Waals surface area contributed by atoms with E-state index in [4.69, 9.17) is 0 Å². The molecule has 0 fully saturated rings. The van der Waals surface area contributed by atoms with Crippen molar-refractivity contribution in [2.24, 2.45) is 0 Å². The summed E-state index contributed by atoms with van der Waals surface area (Å²) < 4.78 is 0. The summed E-state index contributed by atoms with van der Waals surface area (Å²) in [5, 5.41) is 3.16. The predicted molar refractivity (Wildman–Crippen MR) is 107 cm³/mol. The normalized spacial score (nSPS) is 14.0. The fourth-order valence-corrected chi connectivity index (χ4v) is 3.11. The fraction of sp³-hybridized carbons (Fsp3) is 0.0435. The fourth-order valence-electron chi connectivity index (χ4n) is 3.11. The first kappa shape index (κ1) is 16.8. The molecule has 4 nitrogen and oxygen atoms in total. The Morgan fingerprint density at radius 2 is 1.30 bits per heavy atom. The Morgan fingerprint density at radius 1 is 0.704 bits per heavy atom. The summed E-state index contributed by atoms with van der Waals surface area (Å²) in [7, 11) is 0. The van der Waals surface area contributed by atoms with Crippen LogP contribution >= 0.6 is 0 Å². The van der Waals surface area contributed by atoms with E-state index in [1.807, 2.05) is 79.7 Å². The number of nitrogens with zero attached hydrogens (tertiary/aromatic N) is 1. The van der Waals surface area contributed by atoms with Gasteiger partial charge in [0.05, 0.1) is 11.3 Å². The van der Waals surface area contributed by atoms with Crippen molar-refractivity contribution < 1.29 is 9.59 Å². The molecule has 3 aromatic carbocycles. The minimum atomic E-state index is -0.356. The van der Waals surface area contributed by atoms with E-state index in [0.717, 1.165) is 11.3 Å². The molecular formula is C23H18N2O2. The van der Waals surface area contributed by atoms with E-state index in [1.54, 1.807) is 12.1 Å². The second kappa shape index (κ2) is 6.92. The monoisotopic (exact) mass is 354 g/mol. The van der Waals surface area contributed by atoms with Crippen LogP contribution in [-0.2, 0) is 9.59 Å². The lowest BCUT2D eigenvalue weighted by molar-refractivity contribution is -0.120. The zero-order valence-corrected chi connectivity index (χ0v) is 14.8. The number of hydrogen-bond donors (Lipinski definition) is 1. The van der Waals surface area contributed by atoms with E-state index in [-0.39, 0.29) is 11.8 Å². The molecule has 27 heavy (non-hydrogen) atoms. The summed E-state index contributed by atoms with van der Waals surface area (Å²) in [6.07, 6.45) is 0. The van der Waals surface area contributed by atoms with Gasteiger partial charge in [0.1, 0.15) is 5.70 Å². The molecule has 4 heteroatoms. The van der Waals surface area contributed by atoms with Crippen molar-refractivity contribution in [3.63, 3.8) is 0 Å². The van der Waals surface area contributed by atoms with Crippen LogP contribution in [0, 0.1) is 6.92 Å². The van der Waals surface area contributed by atoms with E-state index < -0.39 is 0 Å². The van der Waals surface area contributed by atoms with Gasteiger partial charge in [-0.15, -0.1) is 0 Å². The van der Waals surface area contributed by atoms with Gasteiger partial charge in [0, 0.05) is 5.69 Å². The standard InChI is InChI=1S/C23H18N2O2/c1-16-12-14-18(15-13-16)24-21-20(17-8-4-2-5-9-17)22(26)25(23(21)27)19-10-6-3-7-11-19/h2-15,24H,1H3. The zero-order valence-electron chi connectivity index (χ0n) is 14.8. The van der Waals surface area contributed by atoms with Crippen molar-refractivity contribution in [2.45, 2.75) is 6.92 Å². The summed E-state index contributed by atoms with van der Waals surface area (Å²) in [5.41, 5.74) is 3.83. The summed E-state index contributed by atoms with van der Waals surface area (Å²) in [6.45, 7) is 2.00. The number of nitrogens with one attached hydrogen (secondary N) is 1. The summed E-state index contributed by atoms with van der Waals surface area (Å²) in [4.78, 5) is 27.6. The van der Waals surface area contributed by atoms with Gasteiger partial charge in [0.15, 0.2) is 0 Å². The number of benzene rings is 3. The number of hydrogen-bond acceptors (Lipinski definition) is 3. The van der Waals surface area contributed by atoms with Gasteiger partial charge in [-0.05, 0) is 36.8 Å². The van der Waals surface area contributed by atoms with Crippen LogP contribution in [-0.4, -0.2) is 11.8 Å². The molecule has 1 aliphatic heterocycles. The van der Waals surface area contributed by atoms with E-state index in [1.165, 1.54) is 4.90 Å². The van der Waals surface area contributed by atoms with Crippen molar-refractivity contribution in [1.82, 2.24) is 0 Å². The van der Waals surface area contributed by atoms with Crippen molar-refractivity contribution in [2.75, 3.05) is 10.2 Å². The molecule has 0 aliphatic carbocycles. The van der Waals surface area contributed by atoms with Gasteiger partial charge in [-0.3, -0.25) is 9.59 Å². The largest absolute Gasteiger partial charge is 0.350 e. The SMILES string of the molecule is Cc1ccc(NC2=C(c3ccccc3)C(=O)N(c3ccccc3)C2=O)cc1. The molecule has 4 rings (SSSR count).